The summed E-state index contributed by atoms with van der Waals surface area (Å²) in [6.45, 7) is 1.10. The monoisotopic (exact) mass is 459 g/mol. The van der Waals surface area contributed by atoms with Crippen molar-refractivity contribution in [2.75, 3.05) is 22.9 Å². The molecular formula is C22H19F2N3O2S2. The lowest BCUT2D eigenvalue weighted by Crippen LogP contribution is -2.49. The molecule has 1 unspecified atom stereocenters. The highest BCUT2D eigenvalue weighted by Gasteiger charge is 2.33. The number of halogens is 2. The molecule has 1 atom stereocenters. The van der Waals surface area contributed by atoms with Crippen LogP contribution in [-0.4, -0.2) is 33.6 Å². The van der Waals surface area contributed by atoms with Crippen molar-refractivity contribution in [3.8, 4) is 11.1 Å². The van der Waals surface area contributed by atoms with E-state index >= 15 is 0 Å². The van der Waals surface area contributed by atoms with Crippen molar-refractivity contribution in [3.05, 3.63) is 60.3 Å². The maximum atomic E-state index is 14.1. The first-order valence-electron chi connectivity index (χ1n) is 10.0. The van der Waals surface area contributed by atoms with Crippen LogP contribution in [0.25, 0.3) is 11.1 Å². The molecule has 1 aromatic heterocycles. The number of urea groups is 1. The van der Waals surface area contributed by atoms with E-state index in [9.17, 15) is 17.8 Å². The summed E-state index contributed by atoms with van der Waals surface area (Å²) in [6, 6.07) is 9.96. The van der Waals surface area contributed by atoms with Gasteiger partial charge in [0, 0.05) is 29.6 Å². The normalized spacial score (nSPS) is 17.8. The van der Waals surface area contributed by atoms with E-state index < -0.39 is 22.4 Å². The summed E-state index contributed by atoms with van der Waals surface area (Å²) in [4.78, 5) is 20.7. The Kier molecular flexibility index (Phi) is 5.31. The van der Waals surface area contributed by atoms with Crippen LogP contribution in [0.3, 0.4) is 0 Å². The molecule has 5 rings (SSSR count). The Labute approximate surface area is 184 Å². The van der Waals surface area contributed by atoms with Gasteiger partial charge in [0.15, 0.2) is 5.13 Å². The van der Waals surface area contributed by atoms with Gasteiger partial charge in [-0.2, -0.15) is 0 Å². The van der Waals surface area contributed by atoms with Crippen molar-refractivity contribution >= 4 is 39.0 Å². The number of aromatic nitrogens is 1. The van der Waals surface area contributed by atoms with Crippen LogP contribution in [0, 0.1) is 11.6 Å². The van der Waals surface area contributed by atoms with Gasteiger partial charge in [-0.3, -0.25) is 14.0 Å². The van der Waals surface area contributed by atoms with Gasteiger partial charge in [-0.25, -0.2) is 18.6 Å². The minimum absolute atomic E-state index is 0.178. The summed E-state index contributed by atoms with van der Waals surface area (Å²) in [7, 11) is -1.04. The second-order valence-corrected chi connectivity index (χ2v) is 10.5. The summed E-state index contributed by atoms with van der Waals surface area (Å²) in [5.74, 6) is -1.01. The third kappa shape index (κ3) is 3.99. The minimum atomic E-state index is -1.04. The van der Waals surface area contributed by atoms with Gasteiger partial charge in [0.2, 0.25) is 0 Å². The number of hydrogen-bond acceptors (Lipinski definition) is 4. The van der Waals surface area contributed by atoms with Crippen molar-refractivity contribution in [3.63, 3.8) is 0 Å². The quantitative estimate of drug-likeness (QED) is 0.527. The zero-order valence-corrected chi connectivity index (χ0v) is 18.1. The Morgan fingerprint density at radius 2 is 1.77 bits per heavy atom. The summed E-state index contributed by atoms with van der Waals surface area (Å²) in [5, 5.41) is 0.778. The molecule has 2 heterocycles. The predicted molar refractivity (Wildman–Crippen MR) is 118 cm³/mol. The number of carbonyl (C=O) groups is 1. The number of amides is 2. The van der Waals surface area contributed by atoms with Crippen LogP contribution in [0.4, 0.5) is 24.4 Å². The van der Waals surface area contributed by atoms with Crippen molar-refractivity contribution in [1.82, 2.24) is 4.98 Å². The van der Waals surface area contributed by atoms with E-state index in [1.165, 1.54) is 11.3 Å². The Morgan fingerprint density at radius 1 is 1.03 bits per heavy atom. The zero-order valence-electron chi connectivity index (χ0n) is 16.5. The second kappa shape index (κ2) is 8.12. The average Bonchev–Trinajstić information content (AvgIpc) is 3.52. The molecule has 1 saturated carbocycles. The standard InChI is InChI=1S/C22H19F2N3O2S2/c23-15-4-9-19(24)18(12-15)14-2-5-16(6-3-14)26-10-1-11-27(22(26)28)21-25-13-20(30-21)31(29)17-7-8-17/h2-6,9,12-13,17H,1,7-8,10-11H2. The molecule has 0 spiro atoms. The van der Waals surface area contributed by atoms with Gasteiger partial charge in [-0.1, -0.05) is 23.5 Å². The van der Waals surface area contributed by atoms with E-state index in [1.54, 1.807) is 40.3 Å². The Bertz CT molecular complexity index is 1160. The molecular weight excluding hydrogens is 440 g/mol. The van der Waals surface area contributed by atoms with E-state index in [2.05, 4.69) is 4.98 Å². The zero-order chi connectivity index (χ0) is 21.5. The lowest BCUT2D eigenvalue weighted by Gasteiger charge is -2.34. The molecule has 1 aliphatic carbocycles. The lowest BCUT2D eigenvalue weighted by atomic mass is 10.0. The Hall–Kier alpha value is -2.65. The molecule has 3 aromatic rings. The number of hydrogen-bond donors (Lipinski definition) is 0. The van der Waals surface area contributed by atoms with Gasteiger partial charge in [0.1, 0.15) is 15.8 Å². The van der Waals surface area contributed by atoms with Gasteiger partial charge in [0.05, 0.1) is 17.0 Å². The first-order chi connectivity index (χ1) is 15.0. The number of benzene rings is 2. The van der Waals surface area contributed by atoms with Gasteiger partial charge >= 0.3 is 6.03 Å². The van der Waals surface area contributed by atoms with Gasteiger partial charge < -0.3 is 0 Å². The number of rotatable bonds is 5. The van der Waals surface area contributed by atoms with Crippen LogP contribution in [0.2, 0.25) is 0 Å². The molecule has 2 fully saturated rings. The number of carbonyl (C=O) groups excluding carboxylic acids is 1. The molecule has 2 aliphatic rings. The molecule has 5 nitrogen and oxygen atoms in total. The second-order valence-electron chi connectivity index (χ2n) is 7.57. The average molecular weight is 460 g/mol. The first kappa shape index (κ1) is 20.3. The smallest absolute Gasteiger partial charge is 0.294 e. The molecule has 31 heavy (non-hydrogen) atoms. The highest BCUT2D eigenvalue weighted by molar-refractivity contribution is 7.88. The van der Waals surface area contributed by atoms with E-state index in [0.717, 1.165) is 37.5 Å². The molecule has 160 valence electrons. The lowest BCUT2D eigenvalue weighted by molar-refractivity contribution is 0.248. The third-order valence-corrected chi connectivity index (χ3v) is 8.51. The fourth-order valence-electron chi connectivity index (χ4n) is 3.60. The van der Waals surface area contributed by atoms with E-state index in [-0.39, 0.29) is 16.8 Å². The van der Waals surface area contributed by atoms with Crippen LogP contribution < -0.4 is 9.80 Å². The molecule has 0 N–H and O–H groups in total. The van der Waals surface area contributed by atoms with Crippen molar-refractivity contribution in [1.29, 1.82) is 0 Å². The molecule has 9 heteroatoms. The van der Waals surface area contributed by atoms with E-state index in [4.69, 9.17) is 0 Å². The van der Waals surface area contributed by atoms with Crippen LogP contribution in [-0.2, 0) is 10.8 Å². The summed E-state index contributed by atoms with van der Waals surface area (Å²) in [6.07, 6.45) is 4.33. The Morgan fingerprint density at radius 3 is 2.52 bits per heavy atom. The maximum Gasteiger partial charge on any atom is 0.330 e. The molecule has 2 amide bonds. The highest BCUT2D eigenvalue weighted by atomic mass is 32.2. The molecule has 1 aliphatic heterocycles. The van der Waals surface area contributed by atoms with Crippen LogP contribution in [0.1, 0.15) is 19.3 Å². The van der Waals surface area contributed by atoms with Crippen LogP contribution in [0.15, 0.2) is 52.9 Å². The van der Waals surface area contributed by atoms with Gasteiger partial charge in [0.25, 0.3) is 0 Å². The van der Waals surface area contributed by atoms with Gasteiger partial charge in [-0.15, -0.1) is 0 Å². The highest BCUT2D eigenvalue weighted by Crippen LogP contribution is 2.36. The number of anilines is 2. The van der Waals surface area contributed by atoms with Gasteiger partial charge in [-0.05, 0) is 55.2 Å². The fourth-order valence-corrected chi connectivity index (χ4v) is 6.28. The molecule has 2 aromatic carbocycles. The topological polar surface area (TPSA) is 53.5 Å². The van der Waals surface area contributed by atoms with E-state index in [0.29, 0.717) is 33.7 Å². The summed E-state index contributed by atoms with van der Waals surface area (Å²) < 4.78 is 40.7. The van der Waals surface area contributed by atoms with Crippen molar-refractivity contribution in [2.45, 2.75) is 28.7 Å². The Balaban J connectivity index is 1.36. The third-order valence-electron chi connectivity index (χ3n) is 5.37. The van der Waals surface area contributed by atoms with Crippen LogP contribution >= 0.6 is 11.3 Å². The van der Waals surface area contributed by atoms with Crippen molar-refractivity contribution < 1.29 is 17.8 Å². The fraction of sp³-hybridized carbons (Fsp3) is 0.273. The number of thiazole rings is 1. The molecule has 0 radical (unpaired) electrons. The first-order valence-corrected chi connectivity index (χ1v) is 12.0. The summed E-state index contributed by atoms with van der Waals surface area (Å²) >= 11 is 1.31. The summed E-state index contributed by atoms with van der Waals surface area (Å²) in [5.41, 5.74) is 1.39. The van der Waals surface area contributed by atoms with E-state index in [1.807, 2.05) is 0 Å². The molecule has 0 bridgehead atoms. The largest absolute Gasteiger partial charge is 0.330 e. The number of nitrogens with zero attached hydrogens (tertiary/aromatic N) is 3. The SMILES string of the molecule is O=C1N(c2ccc(-c3cc(F)ccc3F)cc2)CCCN1c1ncc(S(=O)C2CC2)s1. The van der Waals surface area contributed by atoms with Crippen LogP contribution in [0.5, 0.6) is 0 Å². The van der Waals surface area contributed by atoms with Crippen molar-refractivity contribution in [2.24, 2.45) is 0 Å². The molecule has 1 saturated heterocycles. The minimum Gasteiger partial charge on any atom is -0.294 e. The predicted octanol–water partition coefficient (Wildman–Crippen LogP) is 5.20. The maximum absolute atomic E-state index is 14.1.